The van der Waals surface area contributed by atoms with Crippen LogP contribution in [0.2, 0.25) is 0 Å². The summed E-state index contributed by atoms with van der Waals surface area (Å²) in [7, 11) is 3.93. The molecule has 108 valence electrons. The van der Waals surface area contributed by atoms with Gasteiger partial charge in [-0.05, 0) is 49.5 Å². The van der Waals surface area contributed by atoms with Gasteiger partial charge in [0, 0.05) is 19.8 Å². The van der Waals surface area contributed by atoms with Crippen LogP contribution in [0.25, 0.3) is 0 Å². The van der Waals surface area contributed by atoms with Crippen LogP contribution in [0.5, 0.6) is 0 Å². The summed E-state index contributed by atoms with van der Waals surface area (Å²) in [6.45, 7) is 10.6. The van der Waals surface area contributed by atoms with Gasteiger partial charge in [-0.1, -0.05) is 34.1 Å². The van der Waals surface area contributed by atoms with E-state index >= 15 is 0 Å². The molecule has 0 radical (unpaired) electrons. The summed E-state index contributed by atoms with van der Waals surface area (Å²) < 4.78 is 5.25. The van der Waals surface area contributed by atoms with Crippen LogP contribution in [0.1, 0.15) is 53.4 Å². The molecule has 1 aliphatic carbocycles. The van der Waals surface area contributed by atoms with Crippen molar-refractivity contribution in [3.8, 4) is 0 Å². The topological polar surface area (TPSA) is 21.3 Å². The molecule has 0 amide bonds. The highest BCUT2D eigenvalue weighted by molar-refractivity contribution is 4.93. The van der Waals surface area contributed by atoms with Gasteiger partial charge in [0.25, 0.3) is 0 Å². The van der Waals surface area contributed by atoms with Gasteiger partial charge >= 0.3 is 0 Å². The predicted molar refractivity (Wildman–Crippen MR) is 78.8 cm³/mol. The van der Waals surface area contributed by atoms with E-state index in [-0.39, 0.29) is 0 Å². The van der Waals surface area contributed by atoms with Gasteiger partial charge in [0.2, 0.25) is 0 Å². The molecule has 18 heavy (non-hydrogen) atoms. The van der Waals surface area contributed by atoms with Gasteiger partial charge in [-0.25, -0.2) is 0 Å². The highest BCUT2D eigenvalue weighted by atomic mass is 16.5. The lowest BCUT2D eigenvalue weighted by atomic mass is 9.61. The fourth-order valence-electron chi connectivity index (χ4n) is 3.62. The largest absolute Gasteiger partial charge is 0.385 e. The van der Waals surface area contributed by atoms with Gasteiger partial charge in [0.05, 0.1) is 0 Å². The van der Waals surface area contributed by atoms with E-state index in [0.717, 1.165) is 18.4 Å². The zero-order chi connectivity index (χ0) is 13.8. The highest BCUT2D eigenvalue weighted by Gasteiger charge is 2.41. The molecule has 1 N–H and O–H groups in total. The van der Waals surface area contributed by atoms with Crippen LogP contribution < -0.4 is 5.32 Å². The second-order valence-electron chi connectivity index (χ2n) is 6.92. The summed E-state index contributed by atoms with van der Waals surface area (Å²) in [5, 5.41) is 3.57. The minimum atomic E-state index is 0.395. The van der Waals surface area contributed by atoms with Gasteiger partial charge in [0.15, 0.2) is 0 Å². The Balaban J connectivity index is 2.69. The van der Waals surface area contributed by atoms with Crippen molar-refractivity contribution in [3.63, 3.8) is 0 Å². The Bertz CT molecular complexity index is 239. The summed E-state index contributed by atoms with van der Waals surface area (Å²) in [6.07, 6.45) is 5.27. The first-order chi connectivity index (χ1) is 8.43. The number of ether oxygens (including phenoxy) is 1. The van der Waals surface area contributed by atoms with E-state index < -0.39 is 0 Å². The molecule has 0 aromatic heterocycles. The molecule has 1 rings (SSSR count). The maximum absolute atomic E-state index is 5.25. The van der Waals surface area contributed by atoms with Gasteiger partial charge in [-0.15, -0.1) is 0 Å². The first-order valence-corrected chi connectivity index (χ1v) is 7.59. The molecule has 0 saturated heterocycles. The molecule has 1 aliphatic rings. The van der Waals surface area contributed by atoms with E-state index in [2.05, 4.69) is 40.1 Å². The third kappa shape index (κ3) is 3.71. The Hall–Kier alpha value is -0.0800. The van der Waals surface area contributed by atoms with Crippen molar-refractivity contribution in [2.75, 3.05) is 20.8 Å². The smallest absolute Gasteiger partial charge is 0.0465 e. The molecule has 2 nitrogen and oxygen atoms in total. The first kappa shape index (κ1) is 16.0. The first-order valence-electron chi connectivity index (χ1n) is 7.59. The number of nitrogens with one attached hydrogen (secondary N) is 1. The molecular formula is C16H33NO. The zero-order valence-electron chi connectivity index (χ0n) is 13.3. The fraction of sp³-hybridized carbons (Fsp3) is 1.00. The molecule has 4 atom stereocenters. The predicted octanol–water partition coefficient (Wildman–Crippen LogP) is 3.71. The minimum absolute atomic E-state index is 0.395. The summed E-state index contributed by atoms with van der Waals surface area (Å²) >= 11 is 0. The van der Waals surface area contributed by atoms with Crippen LogP contribution in [-0.2, 0) is 4.74 Å². The lowest BCUT2D eigenvalue weighted by molar-refractivity contribution is 0.0364. The third-order valence-electron chi connectivity index (χ3n) is 5.46. The van der Waals surface area contributed by atoms with E-state index in [9.17, 15) is 0 Å². The normalized spacial score (nSPS) is 31.3. The molecule has 0 aliphatic heterocycles. The fourth-order valence-corrected chi connectivity index (χ4v) is 3.62. The van der Waals surface area contributed by atoms with Gasteiger partial charge < -0.3 is 10.1 Å². The van der Waals surface area contributed by atoms with Crippen LogP contribution in [-0.4, -0.2) is 26.8 Å². The van der Waals surface area contributed by atoms with E-state index in [1.807, 2.05) is 0 Å². The van der Waals surface area contributed by atoms with Gasteiger partial charge in [0.1, 0.15) is 0 Å². The monoisotopic (exact) mass is 255 g/mol. The van der Waals surface area contributed by atoms with Crippen molar-refractivity contribution in [3.05, 3.63) is 0 Å². The minimum Gasteiger partial charge on any atom is -0.385 e. The standard InChI is InChI=1S/C16H33NO/c1-12-7-8-14(15(11-12)17-5)16(3,4)13(2)9-10-18-6/h12-15,17H,7-11H2,1-6H3. The summed E-state index contributed by atoms with van der Waals surface area (Å²) in [5.74, 6) is 2.39. The summed E-state index contributed by atoms with van der Waals surface area (Å²) in [5.41, 5.74) is 0.395. The average molecular weight is 255 g/mol. The molecule has 0 spiro atoms. The third-order valence-corrected chi connectivity index (χ3v) is 5.46. The van der Waals surface area contributed by atoms with E-state index in [1.165, 1.54) is 25.7 Å². The number of rotatable bonds is 6. The Morgan fingerprint density at radius 3 is 2.56 bits per heavy atom. The van der Waals surface area contributed by atoms with Crippen molar-refractivity contribution in [1.29, 1.82) is 0 Å². The van der Waals surface area contributed by atoms with Crippen LogP contribution in [0, 0.1) is 23.2 Å². The van der Waals surface area contributed by atoms with Crippen LogP contribution in [0.4, 0.5) is 0 Å². The second-order valence-corrected chi connectivity index (χ2v) is 6.92. The van der Waals surface area contributed by atoms with Crippen molar-refractivity contribution >= 4 is 0 Å². The molecule has 0 aromatic carbocycles. The quantitative estimate of drug-likeness (QED) is 0.781. The number of hydrogen-bond donors (Lipinski definition) is 1. The lowest BCUT2D eigenvalue weighted by Crippen LogP contribution is -2.47. The molecule has 0 heterocycles. The van der Waals surface area contributed by atoms with E-state index in [0.29, 0.717) is 17.4 Å². The Kier molecular flexibility index (Phi) is 6.13. The van der Waals surface area contributed by atoms with Crippen LogP contribution in [0.3, 0.4) is 0 Å². The lowest BCUT2D eigenvalue weighted by Gasteiger charge is -2.47. The molecule has 0 bridgehead atoms. The zero-order valence-corrected chi connectivity index (χ0v) is 13.3. The average Bonchev–Trinajstić information content (AvgIpc) is 2.35. The van der Waals surface area contributed by atoms with Crippen LogP contribution >= 0.6 is 0 Å². The molecule has 4 unspecified atom stereocenters. The van der Waals surface area contributed by atoms with Gasteiger partial charge in [-0.3, -0.25) is 0 Å². The summed E-state index contributed by atoms with van der Waals surface area (Å²) in [6, 6.07) is 0.689. The maximum atomic E-state index is 5.25. The van der Waals surface area contributed by atoms with Crippen LogP contribution in [0.15, 0.2) is 0 Å². The highest BCUT2D eigenvalue weighted by Crippen LogP contribution is 2.45. The Labute approximate surface area is 114 Å². The number of hydrogen-bond acceptors (Lipinski definition) is 2. The van der Waals surface area contributed by atoms with E-state index in [4.69, 9.17) is 4.74 Å². The SMILES string of the molecule is CNC1CC(C)CCC1C(C)(C)C(C)CCOC. The Morgan fingerprint density at radius 1 is 1.33 bits per heavy atom. The molecular weight excluding hydrogens is 222 g/mol. The van der Waals surface area contributed by atoms with Gasteiger partial charge in [-0.2, -0.15) is 0 Å². The second kappa shape index (κ2) is 6.91. The van der Waals surface area contributed by atoms with Crippen molar-refractivity contribution in [1.82, 2.24) is 5.32 Å². The number of methoxy groups -OCH3 is 1. The van der Waals surface area contributed by atoms with Crippen molar-refractivity contribution < 1.29 is 4.74 Å². The molecule has 1 fully saturated rings. The van der Waals surface area contributed by atoms with Crippen molar-refractivity contribution in [2.45, 2.75) is 59.4 Å². The summed E-state index contributed by atoms with van der Waals surface area (Å²) in [4.78, 5) is 0. The molecule has 1 saturated carbocycles. The molecule has 2 heteroatoms. The Morgan fingerprint density at radius 2 is 2.00 bits per heavy atom. The van der Waals surface area contributed by atoms with Crippen molar-refractivity contribution in [2.24, 2.45) is 23.2 Å². The van der Waals surface area contributed by atoms with E-state index in [1.54, 1.807) is 7.11 Å². The molecule has 0 aromatic rings. The maximum Gasteiger partial charge on any atom is 0.0465 e.